The van der Waals surface area contributed by atoms with Crippen LogP contribution in [0, 0.1) is 0 Å². The summed E-state index contributed by atoms with van der Waals surface area (Å²) in [7, 11) is 1.37. The molecule has 0 saturated heterocycles. The van der Waals surface area contributed by atoms with Gasteiger partial charge in [-0.3, -0.25) is 0 Å². The van der Waals surface area contributed by atoms with Crippen LogP contribution in [0.4, 0.5) is 4.39 Å². The molecule has 0 aliphatic rings. The predicted molar refractivity (Wildman–Crippen MR) is 104 cm³/mol. The van der Waals surface area contributed by atoms with Crippen molar-refractivity contribution >= 4 is 22.1 Å². The van der Waals surface area contributed by atoms with Gasteiger partial charge >= 0.3 is 0 Å². The summed E-state index contributed by atoms with van der Waals surface area (Å²) in [5, 5.41) is 3.52. The van der Waals surface area contributed by atoms with Crippen LogP contribution in [0.15, 0.2) is 65.8 Å². The average Bonchev–Trinajstić information content (AvgIpc) is 2.68. The van der Waals surface area contributed by atoms with Crippen molar-refractivity contribution < 1.29 is 18.7 Å². The summed E-state index contributed by atoms with van der Waals surface area (Å²) in [5.74, 6) is 0. The number of halogens is 2. The second-order valence-corrected chi connectivity index (χ2v) is 6.84. The Hall–Kier alpha value is -1.76. The van der Waals surface area contributed by atoms with E-state index in [-0.39, 0.29) is 4.83 Å². The SMILES string of the molecule is CO/N=C/[C@H](F)[C@H](OCc1ccccc1)[C@@H](Br)COCc1ccccc1. The molecule has 4 nitrogen and oxygen atoms in total. The maximum atomic E-state index is 14.5. The third-order valence-corrected chi connectivity index (χ3v) is 4.44. The zero-order chi connectivity index (χ0) is 18.6. The van der Waals surface area contributed by atoms with E-state index in [1.165, 1.54) is 7.11 Å². The van der Waals surface area contributed by atoms with Gasteiger partial charge in [-0.15, -0.1) is 0 Å². The molecule has 0 saturated carbocycles. The molecule has 0 aliphatic heterocycles. The van der Waals surface area contributed by atoms with Crippen LogP contribution in [0.2, 0.25) is 0 Å². The molecule has 2 aromatic rings. The van der Waals surface area contributed by atoms with Crippen LogP contribution < -0.4 is 0 Å². The fourth-order valence-electron chi connectivity index (χ4n) is 2.32. The molecule has 0 aliphatic carbocycles. The summed E-state index contributed by atoms with van der Waals surface area (Å²) < 4.78 is 26.0. The van der Waals surface area contributed by atoms with Gasteiger partial charge in [0.15, 0.2) is 6.17 Å². The smallest absolute Gasteiger partial charge is 0.166 e. The van der Waals surface area contributed by atoms with Crippen molar-refractivity contribution in [3.05, 3.63) is 71.8 Å². The van der Waals surface area contributed by atoms with E-state index in [9.17, 15) is 4.39 Å². The van der Waals surface area contributed by atoms with E-state index in [4.69, 9.17) is 9.47 Å². The molecular weight excluding hydrogens is 401 g/mol. The topological polar surface area (TPSA) is 40.0 Å². The van der Waals surface area contributed by atoms with E-state index in [0.29, 0.717) is 19.8 Å². The zero-order valence-electron chi connectivity index (χ0n) is 14.6. The van der Waals surface area contributed by atoms with Gasteiger partial charge in [-0.25, -0.2) is 4.39 Å². The Morgan fingerprint density at radius 2 is 1.58 bits per heavy atom. The third kappa shape index (κ3) is 7.23. The number of hydrogen-bond acceptors (Lipinski definition) is 4. The lowest BCUT2D eigenvalue weighted by atomic mass is 10.1. The highest BCUT2D eigenvalue weighted by Gasteiger charge is 2.28. The van der Waals surface area contributed by atoms with E-state index in [2.05, 4.69) is 25.9 Å². The van der Waals surface area contributed by atoms with Gasteiger partial charge in [-0.2, -0.15) is 0 Å². The molecule has 26 heavy (non-hydrogen) atoms. The minimum atomic E-state index is -1.43. The van der Waals surface area contributed by atoms with Crippen molar-refractivity contribution in [1.82, 2.24) is 0 Å². The molecule has 2 rings (SSSR count). The van der Waals surface area contributed by atoms with Crippen LogP contribution in [0.3, 0.4) is 0 Å². The van der Waals surface area contributed by atoms with E-state index in [1.54, 1.807) is 0 Å². The molecule has 0 spiro atoms. The van der Waals surface area contributed by atoms with Crippen molar-refractivity contribution in [1.29, 1.82) is 0 Å². The monoisotopic (exact) mass is 423 g/mol. The Balaban J connectivity index is 1.91. The fraction of sp³-hybridized carbons (Fsp3) is 0.350. The van der Waals surface area contributed by atoms with E-state index in [1.807, 2.05) is 60.7 Å². The normalized spacial score (nSPS) is 14.9. The summed E-state index contributed by atoms with van der Waals surface area (Å²) in [5.41, 5.74) is 2.03. The second kappa shape index (κ2) is 11.8. The quantitative estimate of drug-likeness (QED) is 0.303. The van der Waals surface area contributed by atoms with Gasteiger partial charge in [-0.05, 0) is 11.1 Å². The third-order valence-electron chi connectivity index (χ3n) is 3.65. The molecule has 0 radical (unpaired) electrons. The number of hydrogen-bond donors (Lipinski definition) is 0. The summed E-state index contributed by atoms with van der Waals surface area (Å²) >= 11 is 3.49. The summed E-state index contributed by atoms with van der Waals surface area (Å²) in [4.78, 5) is 4.23. The lowest BCUT2D eigenvalue weighted by Gasteiger charge is -2.24. The van der Waals surface area contributed by atoms with Crippen LogP contribution >= 0.6 is 15.9 Å². The fourth-order valence-corrected chi connectivity index (χ4v) is 2.96. The number of oxime groups is 1. The Morgan fingerprint density at radius 3 is 2.15 bits per heavy atom. The molecule has 0 N–H and O–H groups in total. The maximum Gasteiger partial charge on any atom is 0.166 e. The molecule has 0 fully saturated rings. The first-order valence-electron chi connectivity index (χ1n) is 8.32. The van der Waals surface area contributed by atoms with E-state index >= 15 is 0 Å². The van der Waals surface area contributed by atoms with Crippen LogP contribution in [0.25, 0.3) is 0 Å². The molecule has 2 aromatic carbocycles. The molecular formula is C20H23BrFNO3. The van der Waals surface area contributed by atoms with Crippen molar-refractivity contribution in [3.63, 3.8) is 0 Å². The van der Waals surface area contributed by atoms with Gasteiger partial charge in [0.1, 0.15) is 13.2 Å². The molecule has 140 valence electrons. The Morgan fingerprint density at radius 1 is 1.00 bits per heavy atom. The summed E-state index contributed by atoms with van der Waals surface area (Å²) in [6, 6.07) is 19.5. The van der Waals surface area contributed by atoms with Crippen LogP contribution in [0.5, 0.6) is 0 Å². The number of benzene rings is 2. The molecule has 3 atom stereocenters. The molecule has 0 aromatic heterocycles. The molecule has 6 heteroatoms. The predicted octanol–water partition coefficient (Wildman–Crippen LogP) is 4.52. The lowest BCUT2D eigenvalue weighted by molar-refractivity contribution is -0.0104. The van der Waals surface area contributed by atoms with Crippen molar-refractivity contribution in [2.45, 2.75) is 30.3 Å². The number of nitrogens with zero attached hydrogens (tertiary/aromatic N) is 1. The van der Waals surface area contributed by atoms with Crippen LogP contribution in [-0.4, -0.2) is 37.0 Å². The molecule has 0 amide bonds. The number of alkyl halides is 2. The highest BCUT2D eigenvalue weighted by molar-refractivity contribution is 9.09. The molecule has 0 heterocycles. The minimum Gasteiger partial charge on any atom is -0.399 e. The second-order valence-electron chi connectivity index (χ2n) is 5.66. The maximum absolute atomic E-state index is 14.5. The first-order chi connectivity index (χ1) is 12.7. The highest BCUT2D eigenvalue weighted by Crippen LogP contribution is 2.19. The Bertz CT molecular complexity index is 642. The largest absolute Gasteiger partial charge is 0.399 e. The Kier molecular flexibility index (Phi) is 9.31. The van der Waals surface area contributed by atoms with Crippen LogP contribution in [0.1, 0.15) is 11.1 Å². The van der Waals surface area contributed by atoms with E-state index < -0.39 is 12.3 Å². The number of ether oxygens (including phenoxy) is 2. The first-order valence-corrected chi connectivity index (χ1v) is 9.24. The molecule has 0 bridgehead atoms. The zero-order valence-corrected chi connectivity index (χ0v) is 16.2. The highest BCUT2D eigenvalue weighted by atomic mass is 79.9. The van der Waals surface area contributed by atoms with Crippen molar-refractivity contribution in [2.75, 3.05) is 13.7 Å². The number of rotatable bonds is 11. The Labute approximate surface area is 162 Å². The molecule has 0 unspecified atom stereocenters. The van der Waals surface area contributed by atoms with Gasteiger partial charge in [-0.1, -0.05) is 81.7 Å². The van der Waals surface area contributed by atoms with Crippen molar-refractivity contribution in [2.24, 2.45) is 5.16 Å². The van der Waals surface area contributed by atoms with Gasteiger partial charge < -0.3 is 14.3 Å². The van der Waals surface area contributed by atoms with Gasteiger partial charge in [0.25, 0.3) is 0 Å². The van der Waals surface area contributed by atoms with Crippen LogP contribution in [-0.2, 0) is 27.5 Å². The summed E-state index contributed by atoms with van der Waals surface area (Å²) in [6.45, 7) is 1.06. The minimum absolute atomic E-state index is 0.299. The van der Waals surface area contributed by atoms with Crippen molar-refractivity contribution in [3.8, 4) is 0 Å². The standard InChI is InChI=1S/C20H23BrFNO3/c1-24-23-12-19(22)20(26-14-17-10-6-3-7-11-17)18(21)15-25-13-16-8-4-2-5-9-16/h2-12,18-20H,13-15H2,1H3/b23-12+/t18-,19-,20+/m0/s1. The first kappa shape index (κ1) is 20.6. The van der Waals surface area contributed by atoms with Gasteiger partial charge in [0.05, 0.1) is 30.9 Å². The van der Waals surface area contributed by atoms with E-state index in [0.717, 1.165) is 17.3 Å². The average molecular weight is 424 g/mol. The van der Waals surface area contributed by atoms with Gasteiger partial charge in [0.2, 0.25) is 0 Å². The summed E-state index contributed by atoms with van der Waals surface area (Å²) in [6.07, 6.45) is -1.09. The lowest BCUT2D eigenvalue weighted by Crippen LogP contribution is -2.37. The van der Waals surface area contributed by atoms with Gasteiger partial charge in [0, 0.05) is 0 Å².